The first-order valence-corrected chi connectivity index (χ1v) is 16.2. The Hall–Kier alpha value is -4.76. The van der Waals surface area contributed by atoms with Crippen LogP contribution in [0.15, 0.2) is 47.4 Å². The molecule has 5 heterocycles. The Morgan fingerprint density at radius 3 is 2.69 bits per heavy atom. The number of ether oxygens (including phenoxy) is 1. The number of halogens is 4. The topological polar surface area (TPSA) is 144 Å². The van der Waals surface area contributed by atoms with E-state index in [9.17, 15) is 32.7 Å². The summed E-state index contributed by atoms with van der Waals surface area (Å²) in [6.07, 6.45) is 1.89. The molecule has 0 bridgehead atoms. The number of likely N-dealkylation sites (tertiary alicyclic amines) is 1. The first-order chi connectivity index (χ1) is 23.4. The first kappa shape index (κ1) is 32.8. The number of carbonyl (C=O) groups is 2. The highest BCUT2D eigenvalue weighted by atomic mass is 35.5. The van der Waals surface area contributed by atoms with Crippen LogP contribution in [0.5, 0.6) is 5.75 Å². The van der Waals surface area contributed by atoms with Gasteiger partial charge in [-0.1, -0.05) is 17.7 Å². The van der Waals surface area contributed by atoms with E-state index in [1.165, 1.54) is 22.8 Å². The van der Waals surface area contributed by atoms with E-state index in [0.717, 1.165) is 23.8 Å². The zero-order valence-electron chi connectivity index (χ0n) is 26.1. The number of fused-ring (bicyclic) bond motifs is 3. The zero-order chi connectivity index (χ0) is 34.5. The lowest BCUT2D eigenvalue weighted by molar-refractivity contribution is -0.137. The van der Waals surface area contributed by atoms with Crippen LogP contribution in [0.3, 0.4) is 0 Å². The number of hydrogen-bond acceptors (Lipinski definition) is 8. The van der Waals surface area contributed by atoms with E-state index in [4.69, 9.17) is 21.3 Å². The zero-order valence-corrected chi connectivity index (χ0v) is 26.9. The summed E-state index contributed by atoms with van der Waals surface area (Å²) in [5, 5.41) is 17.2. The minimum absolute atomic E-state index is 0.00633. The third kappa shape index (κ3) is 6.05. The second kappa shape index (κ2) is 12.6. The number of nitrogens with one attached hydrogen (secondary N) is 1. The Morgan fingerprint density at radius 1 is 1.12 bits per heavy atom. The summed E-state index contributed by atoms with van der Waals surface area (Å²) < 4.78 is 47.9. The van der Waals surface area contributed by atoms with Crippen LogP contribution in [-0.2, 0) is 34.1 Å². The maximum atomic E-state index is 14.3. The van der Waals surface area contributed by atoms with Gasteiger partial charge in [-0.2, -0.15) is 22.7 Å². The summed E-state index contributed by atoms with van der Waals surface area (Å²) in [6.45, 7) is 1.24. The van der Waals surface area contributed by atoms with Crippen LogP contribution in [-0.4, -0.2) is 72.3 Å². The maximum Gasteiger partial charge on any atom is 0.416 e. The molecule has 1 saturated heterocycles. The van der Waals surface area contributed by atoms with Crippen molar-refractivity contribution in [3.05, 3.63) is 86.3 Å². The molecule has 0 saturated carbocycles. The third-order valence-electron chi connectivity index (χ3n) is 9.57. The number of aromatic hydroxyl groups is 1. The van der Waals surface area contributed by atoms with Gasteiger partial charge < -0.3 is 24.6 Å². The van der Waals surface area contributed by atoms with E-state index in [1.54, 1.807) is 9.47 Å². The molecule has 3 aromatic heterocycles. The molecule has 1 atom stereocenters. The average Bonchev–Trinajstić information content (AvgIpc) is 3.62. The number of alkyl halides is 3. The van der Waals surface area contributed by atoms with E-state index < -0.39 is 29.0 Å². The molecule has 1 spiro atoms. The molecule has 49 heavy (non-hydrogen) atoms. The maximum absolute atomic E-state index is 14.3. The Kier molecular flexibility index (Phi) is 8.43. The van der Waals surface area contributed by atoms with E-state index in [1.807, 2.05) is 6.08 Å². The first-order valence-electron chi connectivity index (χ1n) is 15.9. The summed E-state index contributed by atoms with van der Waals surface area (Å²) in [4.78, 5) is 51.6. The van der Waals surface area contributed by atoms with Crippen LogP contribution >= 0.6 is 11.6 Å². The van der Waals surface area contributed by atoms with Crippen molar-refractivity contribution in [2.24, 2.45) is 0 Å². The fourth-order valence-corrected chi connectivity index (χ4v) is 7.37. The summed E-state index contributed by atoms with van der Waals surface area (Å²) in [5.41, 5.74) is -0.0176. The minimum atomic E-state index is -4.60. The highest BCUT2D eigenvalue weighted by Crippen LogP contribution is 2.45. The van der Waals surface area contributed by atoms with Crippen LogP contribution in [0, 0.1) is 0 Å². The Labute approximate surface area is 282 Å². The molecule has 3 aliphatic rings. The molecule has 256 valence electrons. The van der Waals surface area contributed by atoms with Gasteiger partial charge in [0.2, 0.25) is 11.7 Å². The van der Waals surface area contributed by atoms with Gasteiger partial charge >= 0.3 is 6.18 Å². The number of aromatic nitrogens is 5. The van der Waals surface area contributed by atoms with Gasteiger partial charge in [0.05, 0.1) is 29.5 Å². The number of nitrogens with zero attached hydrogens (tertiary/aromatic N) is 6. The summed E-state index contributed by atoms with van der Waals surface area (Å²) in [5.74, 6) is -0.692. The van der Waals surface area contributed by atoms with Crippen LogP contribution < -0.4 is 10.9 Å². The molecule has 1 aliphatic carbocycles. The standard InChI is InChI=1S/C33H31ClF3N7O5/c34-21-17-20(33(35,36)37)4-5-22(21)39-25(46)18-43-23-6-10-32(9-2-13-42(14-11-32)30(48)27-24(45)3-1-12-38-27)26(23)29(47)44-31(43)40-28(41-44)19-7-15-49-16-8-19/h1,3-5,7,12,17,45H,2,6,8-11,13-16,18H2,(H,39,46)/t32-/m1/s1. The molecule has 1 aromatic carbocycles. The number of hydrogen-bond donors (Lipinski definition) is 2. The van der Waals surface area contributed by atoms with Gasteiger partial charge in [-0.3, -0.25) is 14.4 Å². The van der Waals surface area contributed by atoms with Crippen LogP contribution in [0.2, 0.25) is 5.02 Å². The molecule has 12 nitrogen and oxygen atoms in total. The van der Waals surface area contributed by atoms with E-state index in [0.29, 0.717) is 81.9 Å². The Balaban J connectivity index is 1.25. The van der Waals surface area contributed by atoms with Crippen molar-refractivity contribution in [1.29, 1.82) is 0 Å². The molecule has 0 radical (unpaired) electrons. The normalized spacial score (nSPS) is 19.5. The van der Waals surface area contributed by atoms with Crippen molar-refractivity contribution < 1.29 is 32.6 Å². The smallest absolute Gasteiger partial charge is 0.416 e. The largest absolute Gasteiger partial charge is 0.505 e. The van der Waals surface area contributed by atoms with Crippen molar-refractivity contribution in [3.63, 3.8) is 0 Å². The molecule has 7 rings (SSSR count). The lowest BCUT2D eigenvalue weighted by atomic mass is 9.76. The number of pyridine rings is 1. The van der Waals surface area contributed by atoms with Gasteiger partial charge in [-0.15, -0.1) is 5.10 Å². The molecule has 2 aliphatic heterocycles. The van der Waals surface area contributed by atoms with Gasteiger partial charge in [0, 0.05) is 36.0 Å². The Morgan fingerprint density at radius 2 is 1.96 bits per heavy atom. The quantitative estimate of drug-likeness (QED) is 0.308. The predicted molar refractivity (Wildman–Crippen MR) is 171 cm³/mol. The SMILES string of the molecule is O=C(Cn1c2c(c(=O)n3nc(C4=CCOCC4)nc13)[C@]1(CCCN(C(=O)c3ncccc3O)CC1)CC2)Nc1ccc(C(F)(F)F)cc1Cl. The van der Waals surface area contributed by atoms with Crippen molar-refractivity contribution in [2.75, 3.05) is 31.6 Å². The fraction of sp³-hybridized carbons (Fsp3) is 0.394. The number of anilines is 1. The van der Waals surface area contributed by atoms with Crippen LogP contribution in [0.1, 0.15) is 65.2 Å². The lowest BCUT2D eigenvalue weighted by Gasteiger charge is -2.28. The fourth-order valence-electron chi connectivity index (χ4n) is 7.14. The number of rotatable bonds is 5. The molecule has 2 amide bonds. The third-order valence-corrected chi connectivity index (χ3v) is 9.88. The van der Waals surface area contributed by atoms with E-state index >= 15 is 0 Å². The van der Waals surface area contributed by atoms with Crippen molar-refractivity contribution in [3.8, 4) is 5.75 Å². The van der Waals surface area contributed by atoms with Gasteiger partial charge in [0.15, 0.2) is 11.5 Å². The molecule has 16 heteroatoms. The monoisotopic (exact) mass is 697 g/mol. The lowest BCUT2D eigenvalue weighted by Crippen LogP contribution is -2.37. The van der Waals surface area contributed by atoms with Gasteiger partial charge in [0.25, 0.3) is 11.5 Å². The van der Waals surface area contributed by atoms with Gasteiger partial charge in [-0.25, -0.2) is 4.98 Å². The number of benzene rings is 1. The summed E-state index contributed by atoms with van der Waals surface area (Å²) >= 11 is 6.12. The second-order valence-corrected chi connectivity index (χ2v) is 12.9. The highest BCUT2D eigenvalue weighted by molar-refractivity contribution is 6.33. The molecule has 0 unspecified atom stereocenters. The summed E-state index contributed by atoms with van der Waals surface area (Å²) in [6, 6.07) is 5.63. The van der Waals surface area contributed by atoms with Crippen LogP contribution in [0.25, 0.3) is 11.4 Å². The number of amides is 2. The van der Waals surface area contributed by atoms with E-state index in [-0.39, 0.29) is 40.0 Å². The molecule has 2 N–H and O–H groups in total. The van der Waals surface area contributed by atoms with Crippen molar-refractivity contribution in [1.82, 2.24) is 29.0 Å². The van der Waals surface area contributed by atoms with Crippen molar-refractivity contribution >= 4 is 40.5 Å². The minimum Gasteiger partial charge on any atom is -0.505 e. The molecular weight excluding hydrogens is 667 g/mol. The molecule has 4 aromatic rings. The van der Waals surface area contributed by atoms with Crippen molar-refractivity contribution in [2.45, 2.75) is 56.7 Å². The predicted octanol–water partition coefficient (Wildman–Crippen LogP) is 4.62. The van der Waals surface area contributed by atoms with Gasteiger partial charge in [0.1, 0.15) is 12.3 Å². The van der Waals surface area contributed by atoms with Crippen LogP contribution in [0.4, 0.5) is 18.9 Å². The highest BCUT2D eigenvalue weighted by Gasteiger charge is 2.45. The number of carbonyl (C=O) groups excluding carboxylic acids is 2. The molecule has 1 fully saturated rings. The van der Waals surface area contributed by atoms with Gasteiger partial charge in [-0.05, 0) is 74.4 Å². The molecular formula is C33H31ClF3N7O5. The average molecular weight is 698 g/mol. The Bertz CT molecular complexity index is 2080. The summed E-state index contributed by atoms with van der Waals surface area (Å²) in [7, 11) is 0. The van der Waals surface area contributed by atoms with E-state index in [2.05, 4.69) is 15.4 Å². The second-order valence-electron chi connectivity index (χ2n) is 12.5.